The van der Waals surface area contributed by atoms with Crippen LogP contribution in [0.25, 0.3) is 0 Å². The van der Waals surface area contributed by atoms with Gasteiger partial charge in [-0.15, -0.1) is 10.2 Å². The molecule has 0 aliphatic heterocycles. The minimum atomic E-state index is 0.0449. The first-order valence-corrected chi connectivity index (χ1v) is 15.3. The molecule has 0 spiro atoms. The molecule has 0 radical (unpaired) electrons. The van der Waals surface area contributed by atoms with Crippen LogP contribution < -0.4 is 0 Å². The van der Waals surface area contributed by atoms with Crippen LogP contribution in [0.4, 0.5) is 22.7 Å². The number of phenols is 4. The van der Waals surface area contributed by atoms with E-state index in [4.69, 9.17) is 0 Å². The summed E-state index contributed by atoms with van der Waals surface area (Å²) in [5, 5.41) is 63.5. The number of rotatable bonds is 4. The SMILES string of the molecule is Oc1c2cccc1Cc1cc(N=Nc3cccnc3)cc(c1O)Cc1cccc(c1O)Cc1cc(N=Nc3cccnc3)cc(c1O)C2. The van der Waals surface area contributed by atoms with E-state index < -0.39 is 0 Å². The lowest BCUT2D eigenvalue weighted by Crippen LogP contribution is -2.00. The van der Waals surface area contributed by atoms with Crippen LogP contribution in [-0.4, -0.2) is 30.4 Å². The fraction of sp³-hybridized carbons (Fsp3) is 0.105. The lowest BCUT2D eigenvalue weighted by Gasteiger charge is -2.17. The van der Waals surface area contributed by atoms with Gasteiger partial charge in [0, 0.05) is 60.3 Å². The Hall–Kier alpha value is -6.42. The Bertz CT molecular complexity index is 1940. The molecular weight excluding hydrogens is 604 g/mol. The van der Waals surface area contributed by atoms with Gasteiger partial charge in [-0.2, -0.15) is 10.2 Å². The lowest BCUT2D eigenvalue weighted by molar-refractivity contribution is 0.450. The number of pyridine rings is 2. The standard InChI is InChI=1S/C38H30N6O4/c45-35-23-5-1-6-24(35)14-28-18-34(44-42-32-10-4-12-40-22-32)20-30(38(28)48)16-26-8-2-7-25(36(26)46)15-29-19-33(17-27(13-23)37(29)47)43-41-31-9-3-11-39-21-31/h1-12,17-22,45-48H,13-16H2. The maximum absolute atomic E-state index is 11.5. The summed E-state index contributed by atoms with van der Waals surface area (Å²) in [6, 6.07) is 24.9. The topological polar surface area (TPSA) is 156 Å². The van der Waals surface area contributed by atoms with E-state index >= 15 is 0 Å². The summed E-state index contributed by atoms with van der Waals surface area (Å²) in [7, 11) is 0. The van der Waals surface area contributed by atoms with Gasteiger partial charge in [0.05, 0.1) is 23.8 Å². The zero-order valence-electron chi connectivity index (χ0n) is 25.7. The Morgan fingerprint density at radius 3 is 1.00 bits per heavy atom. The molecule has 0 fully saturated rings. The molecule has 0 atom stereocenters. The molecule has 6 aromatic rings. The average molecular weight is 635 g/mol. The van der Waals surface area contributed by atoms with E-state index in [1.807, 2.05) is 12.1 Å². The number of aromatic nitrogens is 2. The van der Waals surface area contributed by atoms with Gasteiger partial charge in [-0.25, -0.2) is 0 Å². The zero-order valence-corrected chi connectivity index (χ0v) is 25.7. The fourth-order valence-electron chi connectivity index (χ4n) is 5.87. The largest absolute Gasteiger partial charge is 0.507 e. The van der Waals surface area contributed by atoms with Gasteiger partial charge in [-0.1, -0.05) is 36.4 Å². The molecule has 8 bridgehead atoms. The van der Waals surface area contributed by atoms with Gasteiger partial charge in [0.2, 0.25) is 0 Å². The van der Waals surface area contributed by atoms with Crippen LogP contribution in [0.1, 0.15) is 44.5 Å². The van der Waals surface area contributed by atoms with Crippen molar-refractivity contribution in [3.05, 3.63) is 154 Å². The Balaban J connectivity index is 1.36. The number of nitrogens with zero attached hydrogens (tertiary/aromatic N) is 6. The summed E-state index contributed by atoms with van der Waals surface area (Å²) in [5.41, 5.74) is 6.62. The quantitative estimate of drug-likeness (QED) is 0.142. The predicted molar refractivity (Wildman–Crippen MR) is 180 cm³/mol. The molecule has 0 saturated heterocycles. The van der Waals surface area contributed by atoms with Crippen LogP contribution in [0, 0.1) is 0 Å². The van der Waals surface area contributed by atoms with Gasteiger partial charge >= 0.3 is 0 Å². The summed E-state index contributed by atoms with van der Waals surface area (Å²) >= 11 is 0. The first kappa shape index (κ1) is 30.2. The Morgan fingerprint density at radius 2 is 0.688 bits per heavy atom. The second kappa shape index (κ2) is 13.1. The molecule has 1 aliphatic rings. The van der Waals surface area contributed by atoms with Crippen molar-refractivity contribution in [3.8, 4) is 23.0 Å². The third kappa shape index (κ3) is 6.45. The zero-order chi connectivity index (χ0) is 33.0. The van der Waals surface area contributed by atoms with Crippen molar-refractivity contribution in [2.45, 2.75) is 25.7 Å². The minimum absolute atomic E-state index is 0.0449. The molecule has 4 aromatic carbocycles. The van der Waals surface area contributed by atoms with Crippen LogP contribution in [0.15, 0.2) is 130 Å². The number of hydrogen-bond acceptors (Lipinski definition) is 10. The second-order valence-corrected chi connectivity index (χ2v) is 11.6. The molecule has 2 aromatic heterocycles. The lowest BCUT2D eigenvalue weighted by atomic mass is 9.91. The average Bonchev–Trinajstić information content (AvgIpc) is 3.10. The van der Waals surface area contributed by atoms with Crippen LogP contribution >= 0.6 is 0 Å². The normalized spacial score (nSPS) is 12.8. The highest BCUT2D eigenvalue weighted by molar-refractivity contribution is 5.60. The summed E-state index contributed by atoms with van der Waals surface area (Å²) < 4.78 is 0. The molecule has 48 heavy (non-hydrogen) atoms. The van der Waals surface area contributed by atoms with Crippen LogP contribution in [0.5, 0.6) is 23.0 Å². The van der Waals surface area contributed by atoms with E-state index in [-0.39, 0.29) is 48.7 Å². The third-order valence-corrected chi connectivity index (χ3v) is 8.29. The molecule has 1 aliphatic carbocycles. The summed E-state index contributed by atoms with van der Waals surface area (Å²) in [6.07, 6.45) is 7.28. The second-order valence-electron chi connectivity index (χ2n) is 11.6. The number of azo groups is 2. The van der Waals surface area contributed by atoms with E-state index in [1.54, 1.807) is 97.6 Å². The smallest absolute Gasteiger partial charge is 0.122 e. The molecular formula is C38H30N6O4. The maximum atomic E-state index is 11.5. The van der Waals surface area contributed by atoms with Crippen molar-refractivity contribution in [1.29, 1.82) is 0 Å². The van der Waals surface area contributed by atoms with Gasteiger partial charge in [0.1, 0.15) is 34.4 Å². The highest BCUT2D eigenvalue weighted by atomic mass is 16.3. The Morgan fingerprint density at radius 1 is 0.375 bits per heavy atom. The molecule has 10 nitrogen and oxygen atoms in total. The highest BCUT2D eigenvalue weighted by Gasteiger charge is 2.20. The van der Waals surface area contributed by atoms with E-state index in [2.05, 4.69) is 30.4 Å². The summed E-state index contributed by atoms with van der Waals surface area (Å²) in [4.78, 5) is 8.17. The minimum Gasteiger partial charge on any atom is -0.507 e. The maximum Gasteiger partial charge on any atom is 0.122 e. The van der Waals surface area contributed by atoms with Gasteiger partial charge in [-0.3, -0.25) is 9.97 Å². The summed E-state index contributed by atoms with van der Waals surface area (Å²) in [6.45, 7) is 0. The number of benzene rings is 4. The van der Waals surface area contributed by atoms with Gasteiger partial charge in [-0.05, 0) is 70.8 Å². The van der Waals surface area contributed by atoms with Crippen molar-refractivity contribution in [2.75, 3.05) is 0 Å². The monoisotopic (exact) mass is 634 g/mol. The van der Waals surface area contributed by atoms with E-state index in [1.165, 1.54) is 0 Å². The molecule has 0 amide bonds. The number of hydrogen-bond donors (Lipinski definition) is 4. The molecule has 0 saturated carbocycles. The van der Waals surface area contributed by atoms with Gasteiger partial charge in [0.15, 0.2) is 0 Å². The summed E-state index contributed by atoms with van der Waals surface area (Å²) in [5.74, 6) is 0.199. The highest BCUT2D eigenvalue weighted by Crippen LogP contribution is 2.40. The molecule has 2 heterocycles. The number of para-hydroxylation sites is 2. The number of fused-ring (bicyclic) bond motifs is 8. The Labute approximate surface area is 276 Å². The molecule has 236 valence electrons. The number of phenolic OH excluding ortho intramolecular Hbond substituents is 4. The van der Waals surface area contributed by atoms with Crippen LogP contribution in [0.3, 0.4) is 0 Å². The van der Waals surface area contributed by atoms with E-state index in [0.717, 1.165) is 0 Å². The van der Waals surface area contributed by atoms with Crippen molar-refractivity contribution < 1.29 is 20.4 Å². The van der Waals surface area contributed by atoms with Gasteiger partial charge in [0.25, 0.3) is 0 Å². The van der Waals surface area contributed by atoms with E-state index in [0.29, 0.717) is 67.3 Å². The number of aromatic hydroxyl groups is 4. The molecule has 0 unspecified atom stereocenters. The van der Waals surface area contributed by atoms with Crippen LogP contribution in [-0.2, 0) is 25.7 Å². The van der Waals surface area contributed by atoms with Crippen molar-refractivity contribution in [1.82, 2.24) is 9.97 Å². The van der Waals surface area contributed by atoms with Crippen LogP contribution in [0.2, 0.25) is 0 Å². The first-order valence-electron chi connectivity index (χ1n) is 15.3. The first-order chi connectivity index (χ1) is 23.4. The van der Waals surface area contributed by atoms with Crippen molar-refractivity contribution in [2.24, 2.45) is 20.5 Å². The third-order valence-electron chi connectivity index (χ3n) is 8.29. The fourth-order valence-corrected chi connectivity index (χ4v) is 5.87. The molecule has 7 rings (SSSR count). The van der Waals surface area contributed by atoms with Crippen molar-refractivity contribution in [3.63, 3.8) is 0 Å². The van der Waals surface area contributed by atoms with Crippen molar-refractivity contribution >= 4 is 22.7 Å². The van der Waals surface area contributed by atoms with E-state index in [9.17, 15) is 20.4 Å². The molecule has 4 N–H and O–H groups in total. The predicted octanol–water partition coefficient (Wildman–Crippen LogP) is 8.81. The molecule has 10 heteroatoms. The van der Waals surface area contributed by atoms with Gasteiger partial charge < -0.3 is 20.4 Å². The Kier molecular flexibility index (Phi) is 8.27.